The Labute approximate surface area is 133 Å². The quantitative estimate of drug-likeness (QED) is 0.717. The van der Waals surface area contributed by atoms with Crippen LogP contribution < -0.4 is 20.3 Å². The molecule has 0 unspecified atom stereocenters. The molecule has 2 aromatic heterocycles. The molecule has 0 aliphatic carbocycles. The molecule has 0 bridgehead atoms. The van der Waals surface area contributed by atoms with Crippen LogP contribution in [-0.2, 0) is 17.3 Å². The van der Waals surface area contributed by atoms with Gasteiger partial charge in [0.2, 0.25) is 0 Å². The Hall–Kier alpha value is -2.04. The molecular formula is C13H18N6O3S. The summed E-state index contributed by atoms with van der Waals surface area (Å²) >= 11 is 0. The van der Waals surface area contributed by atoms with Crippen molar-refractivity contribution >= 4 is 26.9 Å². The van der Waals surface area contributed by atoms with Crippen molar-refractivity contribution in [3.05, 3.63) is 28.9 Å². The average Bonchev–Trinajstić information content (AvgIpc) is 2.41. The van der Waals surface area contributed by atoms with E-state index in [0.29, 0.717) is 18.9 Å². The van der Waals surface area contributed by atoms with Crippen LogP contribution in [0.3, 0.4) is 0 Å². The normalized spacial score (nSPS) is 15.8. The molecule has 2 aromatic rings. The fourth-order valence-corrected chi connectivity index (χ4v) is 3.10. The summed E-state index contributed by atoms with van der Waals surface area (Å²) in [6.07, 6.45) is 3.88. The number of hydrogen-bond donors (Lipinski definition) is 2. The Bertz CT molecular complexity index is 888. The second kappa shape index (κ2) is 5.87. The highest BCUT2D eigenvalue weighted by atomic mass is 32.2. The fourth-order valence-electron chi connectivity index (χ4n) is 2.70. The predicted molar refractivity (Wildman–Crippen MR) is 86.2 cm³/mol. The second-order valence-corrected chi connectivity index (χ2v) is 7.10. The van der Waals surface area contributed by atoms with Gasteiger partial charge in [-0.2, -0.15) is 8.42 Å². The second-order valence-electron chi connectivity index (χ2n) is 5.72. The van der Waals surface area contributed by atoms with Crippen LogP contribution in [0.25, 0.3) is 10.9 Å². The first-order valence-corrected chi connectivity index (χ1v) is 8.72. The summed E-state index contributed by atoms with van der Waals surface area (Å²) in [5, 5.41) is 5.62. The molecule has 0 atom stereocenters. The van der Waals surface area contributed by atoms with Crippen LogP contribution >= 0.6 is 0 Å². The number of aromatic nitrogens is 3. The monoisotopic (exact) mass is 338 g/mol. The van der Waals surface area contributed by atoms with Gasteiger partial charge in [-0.1, -0.05) is 0 Å². The van der Waals surface area contributed by atoms with Crippen LogP contribution in [0, 0.1) is 5.92 Å². The van der Waals surface area contributed by atoms with Gasteiger partial charge in [-0.05, 0) is 12.3 Å². The molecule has 9 nitrogen and oxygen atoms in total. The Kier molecular flexibility index (Phi) is 4.04. The summed E-state index contributed by atoms with van der Waals surface area (Å²) in [6, 6.07) is 1.54. The molecule has 0 saturated carbocycles. The highest BCUT2D eigenvalue weighted by molar-refractivity contribution is 7.87. The molecule has 10 heteroatoms. The van der Waals surface area contributed by atoms with E-state index in [1.165, 1.54) is 10.9 Å². The average molecular weight is 338 g/mol. The molecule has 0 spiro atoms. The van der Waals surface area contributed by atoms with Gasteiger partial charge in [0.25, 0.3) is 15.8 Å². The fraction of sp³-hybridized carbons (Fsp3) is 0.462. The minimum Gasteiger partial charge on any atom is -0.355 e. The van der Waals surface area contributed by atoms with Gasteiger partial charge >= 0.3 is 0 Å². The largest absolute Gasteiger partial charge is 0.355 e. The number of rotatable bonds is 5. The zero-order valence-corrected chi connectivity index (χ0v) is 13.5. The smallest absolute Gasteiger partial charge is 0.274 e. The highest BCUT2D eigenvalue weighted by Gasteiger charge is 2.28. The number of aryl methyl sites for hydroxylation is 1. The van der Waals surface area contributed by atoms with Crippen molar-refractivity contribution in [1.29, 1.82) is 0 Å². The summed E-state index contributed by atoms with van der Waals surface area (Å²) in [6.45, 7) is 1.84. The van der Waals surface area contributed by atoms with E-state index in [0.717, 1.165) is 29.8 Å². The highest BCUT2D eigenvalue weighted by Crippen LogP contribution is 2.29. The number of nitrogens with two attached hydrogens (primary N) is 1. The maximum absolute atomic E-state index is 11.8. The van der Waals surface area contributed by atoms with E-state index in [-0.39, 0.29) is 5.56 Å². The molecule has 124 valence electrons. The van der Waals surface area contributed by atoms with Gasteiger partial charge in [-0.25, -0.2) is 19.8 Å². The number of fused-ring (bicyclic) bond motifs is 1. The van der Waals surface area contributed by atoms with E-state index in [1.807, 2.05) is 0 Å². The first-order valence-electron chi connectivity index (χ1n) is 7.17. The first kappa shape index (κ1) is 15.8. The molecular weight excluding hydrogens is 320 g/mol. The van der Waals surface area contributed by atoms with Crippen LogP contribution in [-0.4, -0.2) is 42.6 Å². The summed E-state index contributed by atoms with van der Waals surface area (Å²) < 4.78 is 25.4. The van der Waals surface area contributed by atoms with Gasteiger partial charge in [0.15, 0.2) is 0 Å². The van der Waals surface area contributed by atoms with Crippen LogP contribution in [0.4, 0.5) is 5.82 Å². The third kappa shape index (κ3) is 3.49. The minimum absolute atomic E-state index is 0.108. The molecule has 0 aromatic carbocycles. The zero-order chi connectivity index (χ0) is 16.6. The van der Waals surface area contributed by atoms with Gasteiger partial charge in [0.05, 0.1) is 5.52 Å². The number of nitrogens with one attached hydrogen (secondary N) is 1. The Morgan fingerprint density at radius 3 is 2.83 bits per heavy atom. The lowest BCUT2D eigenvalue weighted by Crippen LogP contribution is -2.48. The summed E-state index contributed by atoms with van der Waals surface area (Å²) in [5.41, 5.74) is 0.611. The number of nitrogens with zero attached hydrogens (tertiary/aromatic N) is 4. The zero-order valence-electron chi connectivity index (χ0n) is 12.6. The molecule has 1 aliphatic heterocycles. The SMILES string of the molecule is Cn1cc2ncnc(N3CC(CCNS(N)(=O)=O)C3)c2cc1=O. The molecule has 1 fully saturated rings. The van der Waals surface area contributed by atoms with Crippen molar-refractivity contribution < 1.29 is 8.42 Å². The van der Waals surface area contributed by atoms with Gasteiger partial charge < -0.3 is 9.47 Å². The van der Waals surface area contributed by atoms with Gasteiger partial charge in [0.1, 0.15) is 12.1 Å². The topological polar surface area (TPSA) is 123 Å². The number of pyridine rings is 1. The molecule has 3 N–H and O–H groups in total. The van der Waals surface area contributed by atoms with Crippen molar-refractivity contribution in [3.8, 4) is 0 Å². The first-order chi connectivity index (χ1) is 10.8. The van der Waals surface area contributed by atoms with Crippen molar-refractivity contribution in [2.45, 2.75) is 6.42 Å². The summed E-state index contributed by atoms with van der Waals surface area (Å²) in [4.78, 5) is 22.4. The Morgan fingerprint density at radius 1 is 1.39 bits per heavy atom. The standard InChI is InChI=1S/C13H18N6O3S/c1-18-7-11-10(4-12(18)20)13(16-8-15-11)19-5-9(6-19)2-3-17-23(14,21)22/h4,7-9,17H,2-3,5-6H2,1H3,(H2,14,21,22). The molecule has 3 heterocycles. The third-order valence-corrected chi connectivity index (χ3v) is 4.54. The van der Waals surface area contributed by atoms with Gasteiger partial charge in [-0.3, -0.25) is 4.79 Å². The van der Waals surface area contributed by atoms with Gasteiger partial charge in [-0.15, -0.1) is 0 Å². The third-order valence-electron chi connectivity index (χ3n) is 3.94. The summed E-state index contributed by atoms with van der Waals surface area (Å²) in [7, 11) is -1.95. The van der Waals surface area contributed by atoms with Crippen molar-refractivity contribution in [1.82, 2.24) is 19.3 Å². The van der Waals surface area contributed by atoms with Crippen LogP contribution in [0.15, 0.2) is 23.4 Å². The van der Waals surface area contributed by atoms with Crippen LogP contribution in [0.1, 0.15) is 6.42 Å². The van der Waals surface area contributed by atoms with E-state index < -0.39 is 10.2 Å². The molecule has 3 rings (SSSR count). The Morgan fingerprint density at radius 2 is 2.13 bits per heavy atom. The van der Waals surface area contributed by atoms with Crippen molar-refractivity contribution in [2.75, 3.05) is 24.5 Å². The molecule has 1 aliphatic rings. The lowest BCUT2D eigenvalue weighted by Gasteiger charge is -2.40. The minimum atomic E-state index is -3.63. The predicted octanol–water partition coefficient (Wildman–Crippen LogP) is -1.05. The van der Waals surface area contributed by atoms with Crippen molar-refractivity contribution in [3.63, 3.8) is 0 Å². The lowest BCUT2D eigenvalue weighted by molar-refractivity contribution is 0.382. The molecule has 0 amide bonds. The maximum Gasteiger partial charge on any atom is 0.274 e. The maximum atomic E-state index is 11.8. The number of anilines is 1. The lowest BCUT2D eigenvalue weighted by atomic mass is 9.96. The van der Waals surface area contributed by atoms with Gasteiger partial charge in [0, 0.05) is 44.3 Å². The van der Waals surface area contributed by atoms with Crippen LogP contribution in [0.5, 0.6) is 0 Å². The van der Waals surface area contributed by atoms with Crippen molar-refractivity contribution in [2.24, 2.45) is 18.1 Å². The molecule has 1 saturated heterocycles. The van der Waals surface area contributed by atoms with E-state index in [1.54, 1.807) is 19.3 Å². The van der Waals surface area contributed by atoms with Crippen LogP contribution in [0.2, 0.25) is 0 Å². The molecule has 23 heavy (non-hydrogen) atoms. The number of hydrogen-bond acceptors (Lipinski definition) is 6. The Balaban J connectivity index is 1.69. The van der Waals surface area contributed by atoms with E-state index in [2.05, 4.69) is 19.6 Å². The van der Waals surface area contributed by atoms with E-state index in [4.69, 9.17) is 5.14 Å². The van der Waals surface area contributed by atoms with E-state index in [9.17, 15) is 13.2 Å². The molecule has 0 radical (unpaired) electrons. The van der Waals surface area contributed by atoms with E-state index >= 15 is 0 Å². The summed E-state index contributed by atoms with van der Waals surface area (Å²) in [5.74, 6) is 1.10.